The molecule has 1 aliphatic rings. The molecule has 1 aliphatic heterocycles. The average Bonchev–Trinajstić information content (AvgIpc) is 2.63. The van der Waals surface area contributed by atoms with E-state index in [0.29, 0.717) is 12.1 Å². The first kappa shape index (κ1) is 14.7. The van der Waals surface area contributed by atoms with Crippen molar-refractivity contribution in [3.05, 3.63) is 76.1 Å². The van der Waals surface area contributed by atoms with E-state index in [1.807, 2.05) is 42.5 Å². The van der Waals surface area contributed by atoms with Crippen LogP contribution in [0.1, 0.15) is 22.3 Å². The Hall–Kier alpha value is -2.88. The summed E-state index contributed by atoms with van der Waals surface area (Å²) in [7, 11) is 1.73. The maximum absolute atomic E-state index is 13.2. The van der Waals surface area contributed by atoms with Crippen LogP contribution < -0.4 is 10.5 Å². The molecule has 4 rings (SSSR count). The van der Waals surface area contributed by atoms with Gasteiger partial charge in [-0.25, -0.2) is 0 Å². The molecule has 3 aromatic rings. The minimum Gasteiger partial charge on any atom is -0.311 e. The van der Waals surface area contributed by atoms with Gasteiger partial charge in [0.15, 0.2) is 0 Å². The van der Waals surface area contributed by atoms with Gasteiger partial charge in [-0.15, -0.1) is 0 Å². The fourth-order valence-electron chi connectivity index (χ4n) is 3.48. The number of rotatable bonds is 1. The van der Waals surface area contributed by atoms with Crippen LogP contribution in [0.15, 0.2) is 59.4 Å². The zero-order valence-electron chi connectivity index (χ0n) is 13.5. The standard InChI is InChI=1S/C20H18N2O2/c1-21-18-11-5-3-9-15(18)16(13-19(21)23)20(24)22-12-6-8-14-7-2-4-10-17(14)22/h2-5,7,9-11,13H,6,8,12H2,1H3. The van der Waals surface area contributed by atoms with Gasteiger partial charge in [0.25, 0.3) is 11.5 Å². The third kappa shape index (κ3) is 2.22. The lowest BCUT2D eigenvalue weighted by atomic mass is 10.00. The molecule has 0 N–H and O–H groups in total. The SMILES string of the molecule is Cn1c(=O)cc(C(=O)N2CCCc3ccccc32)c2ccccc21. The van der Waals surface area contributed by atoms with Gasteiger partial charge >= 0.3 is 0 Å². The van der Waals surface area contributed by atoms with Crippen molar-refractivity contribution in [2.45, 2.75) is 12.8 Å². The first-order valence-corrected chi connectivity index (χ1v) is 8.15. The molecule has 1 aromatic heterocycles. The quantitative estimate of drug-likeness (QED) is 0.692. The Labute approximate surface area is 140 Å². The number of pyridine rings is 1. The summed E-state index contributed by atoms with van der Waals surface area (Å²) in [6.07, 6.45) is 1.92. The third-order valence-electron chi connectivity index (χ3n) is 4.74. The average molecular weight is 318 g/mol. The second-order valence-corrected chi connectivity index (χ2v) is 6.16. The molecule has 0 saturated carbocycles. The Bertz CT molecular complexity index is 1000. The lowest BCUT2D eigenvalue weighted by molar-refractivity contribution is 0.0986. The molecule has 2 heterocycles. The van der Waals surface area contributed by atoms with Gasteiger partial charge in [-0.3, -0.25) is 9.59 Å². The molecule has 4 heteroatoms. The Kier molecular flexibility index (Phi) is 3.45. The van der Waals surface area contributed by atoms with Crippen molar-refractivity contribution in [3.8, 4) is 0 Å². The summed E-state index contributed by atoms with van der Waals surface area (Å²) in [4.78, 5) is 27.3. The van der Waals surface area contributed by atoms with Gasteiger partial charge in [0, 0.05) is 30.7 Å². The third-order valence-corrected chi connectivity index (χ3v) is 4.74. The topological polar surface area (TPSA) is 42.3 Å². The van der Waals surface area contributed by atoms with E-state index < -0.39 is 0 Å². The van der Waals surface area contributed by atoms with E-state index >= 15 is 0 Å². The Morgan fingerprint density at radius 2 is 1.79 bits per heavy atom. The van der Waals surface area contributed by atoms with Crippen LogP contribution in [-0.4, -0.2) is 17.0 Å². The van der Waals surface area contributed by atoms with Crippen LogP contribution in [0.5, 0.6) is 0 Å². The van der Waals surface area contributed by atoms with Crippen LogP contribution >= 0.6 is 0 Å². The number of para-hydroxylation sites is 2. The Morgan fingerprint density at radius 1 is 1.04 bits per heavy atom. The van der Waals surface area contributed by atoms with E-state index in [0.717, 1.165) is 29.4 Å². The predicted molar refractivity (Wildman–Crippen MR) is 95.6 cm³/mol. The van der Waals surface area contributed by atoms with Crippen molar-refractivity contribution in [3.63, 3.8) is 0 Å². The molecule has 24 heavy (non-hydrogen) atoms. The smallest absolute Gasteiger partial charge is 0.259 e. The van der Waals surface area contributed by atoms with Gasteiger partial charge in [0.05, 0.1) is 11.1 Å². The fraction of sp³-hybridized carbons (Fsp3) is 0.200. The first-order chi connectivity index (χ1) is 11.7. The number of amides is 1. The minimum atomic E-state index is -0.164. The van der Waals surface area contributed by atoms with Gasteiger partial charge in [0.1, 0.15) is 0 Å². The number of carbonyl (C=O) groups excluding carboxylic acids is 1. The van der Waals surface area contributed by atoms with Crippen molar-refractivity contribution in [1.82, 2.24) is 4.57 Å². The van der Waals surface area contributed by atoms with Crippen molar-refractivity contribution >= 4 is 22.5 Å². The number of benzene rings is 2. The van der Waals surface area contributed by atoms with Crippen LogP contribution in [0.25, 0.3) is 10.9 Å². The lowest BCUT2D eigenvalue weighted by Crippen LogP contribution is -2.36. The zero-order valence-corrected chi connectivity index (χ0v) is 13.5. The molecule has 4 nitrogen and oxygen atoms in total. The van der Waals surface area contributed by atoms with Gasteiger partial charge in [-0.1, -0.05) is 36.4 Å². The summed E-state index contributed by atoms with van der Waals surface area (Å²) in [6, 6.07) is 17.0. The molecular weight excluding hydrogens is 300 g/mol. The number of aromatic nitrogens is 1. The summed E-state index contributed by atoms with van der Waals surface area (Å²) >= 11 is 0. The summed E-state index contributed by atoms with van der Waals surface area (Å²) in [5.74, 6) is -0.101. The van der Waals surface area contributed by atoms with E-state index in [4.69, 9.17) is 0 Å². The minimum absolute atomic E-state index is 0.101. The number of anilines is 1. The molecule has 120 valence electrons. The highest BCUT2D eigenvalue weighted by Gasteiger charge is 2.25. The number of aryl methyl sites for hydroxylation is 2. The summed E-state index contributed by atoms with van der Waals surface area (Å²) in [5, 5.41) is 0.813. The highest BCUT2D eigenvalue weighted by Crippen LogP contribution is 2.29. The van der Waals surface area contributed by atoms with E-state index in [1.54, 1.807) is 16.5 Å². The fourth-order valence-corrected chi connectivity index (χ4v) is 3.48. The van der Waals surface area contributed by atoms with Gasteiger partial charge < -0.3 is 9.47 Å². The van der Waals surface area contributed by atoms with Crippen LogP contribution in [0.4, 0.5) is 5.69 Å². The molecule has 0 saturated heterocycles. The number of hydrogen-bond acceptors (Lipinski definition) is 2. The second kappa shape index (κ2) is 5.64. The highest BCUT2D eigenvalue weighted by molar-refractivity contribution is 6.13. The maximum Gasteiger partial charge on any atom is 0.259 e. The van der Waals surface area contributed by atoms with Crippen LogP contribution in [0.2, 0.25) is 0 Å². The molecule has 0 radical (unpaired) electrons. The van der Waals surface area contributed by atoms with Crippen LogP contribution in [0.3, 0.4) is 0 Å². The highest BCUT2D eigenvalue weighted by atomic mass is 16.2. The second-order valence-electron chi connectivity index (χ2n) is 6.16. The Morgan fingerprint density at radius 3 is 2.67 bits per heavy atom. The van der Waals surface area contributed by atoms with Gasteiger partial charge in [0.2, 0.25) is 0 Å². The van der Waals surface area contributed by atoms with E-state index in [2.05, 4.69) is 6.07 Å². The molecular formula is C20H18N2O2. The monoisotopic (exact) mass is 318 g/mol. The summed E-state index contributed by atoms with van der Waals surface area (Å²) in [5.41, 5.74) is 3.23. The summed E-state index contributed by atoms with van der Waals surface area (Å²) in [6.45, 7) is 0.680. The predicted octanol–water partition coefficient (Wildman–Crippen LogP) is 3.13. The maximum atomic E-state index is 13.2. The number of fused-ring (bicyclic) bond motifs is 2. The van der Waals surface area contributed by atoms with Crippen molar-refractivity contribution < 1.29 is 4.79 Å². The lowest BCUT2D eigenvalue weighted by Gasteiger charge is -2.30. The Balaban J connectivity index is 1.89. The molecule has 0 bridgehead atoms. The van der Waals surface area contributed by atoms with E-state index in [1.165, 1.54) is 11.6 Å². The van der Waals surface area contributed by atoms with Crippen molar-refractivity contribution in [2.24, 2.45) is 7.05 Å². The van der Waals surface area contributed by atoms with Crippen molar-refractivity contribution in [1.29, 1.82) is 0 Å². The number of nitrogens with zero attached hydrogens (tertiary/aromatic N) is 2. The molecule has 0 spiro atoms. The summed E-state index contributed by atoms with van der Waals surface area (Å²) < 4.78 is 1.58. The van der Waals surface area contributed by atoms with Gasteiger partial charge in [-0.2, -0.15) is 0 Å². The molecule has 0 fully saturated rings. The normalized spacial score (nSPS) is 13.8. The van der Waals surface area contributed by atoms with Crippen LogP contribution in [-0.2, 0) is 13.5 Å². The molecule has 1 amide bonds. The zero-order chi connectivity index (χ0) is 16.7. The van der Waals surface area contributed by atoms with E-state index in [-0.39, 0.29) is 11.5 Å². The molecule has 0 atom stereocenters. The molecule has 0 unspecified atom stereocenters. The van der Waals surface area contributed by atoms with Gasteiger partial charge in [-0.05, 0) is 30.5 Å². The van der Waals surface area contributed by atoms with E-state index in [9.17, 15) is 9.59 Å². The largest absolute Gasteiger partial charge is 0.311 e. The number of hydrogen-bond donors (Lipinski definition) is 0. The molecule has 2 aromatic carbocycles. The van der Waals surface area contributed by atoms with Crippen LogP contribution in [0, 0.1) is 0 Å². The van der Waals surface area contributed by atoms with Crippen molar-refractivity contribution in [2.75, 3.05) is 11.4 Å². The first-order valence-electron chi connectivity index (χ1n) is 8.15. The molecule has 0 aliphatic carbocycles. The number of carbonyl (C=O) groups is 1.